The number of nitrogens with zero attached hydrogens (tertiary/aromatic N) is 2. The van der Waals surface area contributed by atoms with Gasteiger partial charge in [0.1, 0.15) is 4.70 Å². The van der Waals surface area contributed by atoms with Gasteiger partial charge in [-0.25, -0.2) is 16.8 Å². The molecule has 0 amide bonds. The van der Waals surface area contributed by atoms with Gasteiger partial charge >= 0.3 is 0 Å². The van der Waals surface area contributed by atoms with Crippen LogP contribution in [0.1, 0.15) is 23.4 Å². The second kappa shape index (κ2) is 13.7. The summed E-state index contributed by atoms with van der Waals surface area (Å²) in [6, 6.07) is 34.3. The first-order chi connectivity index (χ1) is 23.5. The van der Waals surface area contributed by atoms with E-state index in [1.165, 1.54) is 0 Å². The molecular formula is C37H31N2O6S4-. The Morgan fingerprint density at radius 1 is 0.735 bits per heavy atom. The Kier molecular flexibility index (Phi) is 9.35. The van der Waals surface area contributed by atoms with E-state index in [2.05, 4.69) is 58.0 Å². The van der Waals surface area contributed by atoms with Crippen molar-refractivity contribution >= 4 is 92.4 Å². The van der Waals surface area contributed by atoms with Gasteiger partial charge in [0.2, 0.25) is 5.52 Å². The lowest BCUT2D eigenvalue weighted by Gasteiger charge is -2.23. The first-order valence-corrected chi connectivity index (χ1v) is 20.5. The largest absolute Gasteiger partial charge is 0.748 e. The van der Waals surface area contributed by atoms with Crippen molar-refractivity contribution in [2.75, 3.05) is 23.0 Å². The molecule has 0 atom stereocenters. The Morgan fingerprint density at radius 2 is 1.37 bits per heavy atom. The molecule has 2 heterocycles. The van der Waals surface area contributed by atoms with Gasteiger partial charge in [-0.2, -0.15) is 4.57 Å². The van der Waals surface area contributed by atoms with Crippen molar-refractivity contribution in [3.63, 3.8) is 0 Å². The van der Waals surface area contributed by atoms with Gasteiger partial charge < -0.3 is 14.0 Å². The summed E-state index contributed by atoms with van der Waals surface area (Å²) in [7, 11) is -8.77. The minimum absolute atomic E-state index is 0.169. The fourth-order valence-corrected chi connectivity index (χ4v) is 9.59. The van der Waals surface area contributed by atoms with Gasteiger partial charge in [-0.3, -0.25) is 0 Å². The molecule has 0 bridgehead atoms. The summed E-state index contributed by atoms with van der Waals surface area (Å²) < 4.78 is 72.6. The molecule has 0 fully saturated rings. The quantitative estimate of drug-likeness (QED) is 0.100. The standard InChI is InChI=1S/C37H32N2O6S4/c40-48(41,42)22-8-20-38-34(46-32-18-16-27-12-4-6-14-30(27)36(32)38)24-29(26-10-2-1-3-11-26)25-35-39(21-9-23-49(43,44)45)37-31-15-7-5-13-28(31)17-19-33(37)47-35/h1-7,10-19,24-25H,8-9,20-23H2,(H-,40,41,42,43,44,45)/p-1. The van der Waals surface area contributed by atoms with E-state index in [9.17, 15) is 25.9 Å². The molecule has 0 saturated carbocycles. The number of allylic oxidation sites excluding steroid dienone is 2. The van der Waals surface area contributed by atoms with Gasteiger partial charge in [-0.1, -0.05) is 108 Å². The second-order valence-corrected chi connectivity index (χ2v) is 17.0. The maximum Gasteiger partial charge on any atom is 0.263 e. The van der Waals surface area contributed by atoms with Crippen LogP contribution in [0.15, 0.2) is 119 Å². The van der Waals surface area contributed by atoms with Crippen molar-refractivity contribution in [3.8, 4) is 0 Å². The number of thiazole rings is 1. The summed E-state index contributed by atoms with van der Waals surface area (Å²) in [4.78, 5) is 3.14. The van der Waals surface area contributed by atoms with Crippen molar-refractivity contribution in [2.45, 2.75) is 24.3 Å². The van der Waals surface area contributed by atoms with Crippen LogP contribution in [0, 0.1) is 0 Å². The lowest BCUT2D eigenvalue weighted by atomic mass is 10.0. The first kappa shape index (κ1) is 33.5. The zero-order valence-electron chi connectivity index (χ0n) is 26.2. The van der Waals surface area contributed by atoms with E-state index in [1.807, 2.05) is 66.7 Å². The molecule has 250 valence electrons. The molecule has 5 aromatic carbocycles. The number of fused-ring (bicyclic) bond motifs is 6. The van der Waals surface area contributed by atoms with Crippen LogP contribution >= 0.6 is 23.1 Å². The molecule has 0 N–H and O–H groups in total. The van der Waals surface area contributed by atoms with E-state index in [4.69, 9.17) is 0 Å². The lowest BCUT2D eigenvalue weighted by Crippen LogP contribution is -2.36. The van der Waals surface area contributed by atoms with E-state index in [-0.39, 0.29) is 12.8 Å². The van der Waals surface area contributed by atoms with Crippen LogP contribution in [-0.4, -0.2) is 44.0 Å². The number of benzene rings is 5. The van der Waals surface area contributed by atoms with E-state index >= 15 is 0 Å². The average Bonchev–Trinajstić information content (AvgIpc) is 3.61. The maximum absolute atomic E-state index is 11.6. The van der Waals surface area contributed by atoms with E-state index < -0.39 is 31.7 Å². The molecular weight excluding hydrogens is 697 g/mol. The van der Waals surface area contributed by atoms with E-state index in [1.54, 1.807) is 23.1 Å². The number of thioether (sulfide) groups is 1. The van der Waals surface area contributed by atoms with Crippen molar-refractivity contribution in [1.82, 2.24) is 0 Å². The highest BCUT2D eigenvalue weighted by atomic mass is 32.2. The van der Waals surface area contributed by atoms with Gasteiger partial charge in [0.15, 0.2) is 6.54 Å². The lowest BCUT2D eigenvalue weighted by molar-refractivity contribution is -0.667. The first-order valence-electron chi connectivity index (χ1n) is 15.7. The number of aryl methyl sites for hydroxylation is 1. The Hall–Kier alpha value is -4.04. The zero-order chi connectivity index (χ0) is 34.2. The fraction of sp³-hybridized carbons (Fsp3) is 0.162. The SMILES string of the molecule is O=S(=O)([O-])CCCN1/C(=C\C(=C\c2sc3ccc4ccccc4c3[n+]2CCCS(=O)(=O)[O-])c2ccccc2)Sc2ccc3ccccc3c21. The predicted molar refractivity (Wildman–Crippen MR) is 197 cm³/mol. The molecule has 1 aromatic heterocycles. The molecule has 1 aliphatic rings. The van der Waals surface area contributed by atoms with E-state index in [0.29, 0.717) is 13.1 Å². The number of rotatable bonds is 11. The third-order valence-electron chi connectivity index (χ3n) is 8.45. The van der Waals surface area contributed by atoms with Crippen LogP contribution in [0.3, 0.4) is 0 Å². The highest BCUT2D eigenvalue weighted by Gasteiger charge is 2.28. The Balaban J connectivity index is 1.39. The summed E-state index contributed by atoms with van der Waals surface area (Å²) >= 11 is 3.18. The highest BCUT2D eigenvalue weighted by Crippen LogP contribution is 2.50. The van der Waals surface area contributed by atoms with Crippen LogP contribution in [0.2, 0.25) is 0 Å². The molecule has 0 saturated heterocycles. The summed E-state index contributed by atoms with van der Waals surface area (Å²) in [6.07, 6.45) is 4.52. The fourth-order valence-electron chi connectivity index (χ4n) is 6.31. The Morgan fingerprint density at radius 3 is 2.10 bits per heavy atom. The maximum atomic E-state index is 11.6. The molecule has 0 spiro atoms. The van der Waals surface area contributed by atoms with E-state index in [0.717, 1.165) is 63.5 Å². The smallest absolute Gasteiger partial charge is 0.263 e. The summed E-state index contributed by atoms with van der Waals surface area (Å²) in [6.45, 7) is 0.670. The van der Waals surface area contributed by atoms with Gasteiger partial charge in [0.05, 0.1) is 36.3 Å². The van der Waals surface area contributed by atoms with Crippen molar-refractivity contribution < 1.29 is 30.5 Å². The molecule has 12 heteroatoms. The normalized spacial score (nSPS) is 14.8. The minimum atomic E-state index is -4.38. The molecule has 0 aliphatic carbocycles. The molecule has 6 aromatic rings. The molecule has 8 nitrogen and oxygen atoms in total. The Bertz CT molecular complexity index is 2490. The van der Waals surface area contributed by atoms with Crippen LogP contribution in [0.25, 0.3) is 43.4 Å². The predicted octanol–water partition coefficient (Wildman–Crippen LogP) is 7.36. The van der Waals surface area contributed by atoms with Crippen LogP contribution < -0.4 is 9.47 Å². The third-order valence-corrected chi connectivity index (χ3v) is 12.2. The molecule has 0 radical (unpaired) electrons. The van der Waals surface area contributed by atoms with Crippen LogP contribution in [0.5, 0.6) is 0 Å². The summed E-state index contributed by atoms with van der Waals surface area (Å²) in [5, 5.41) is 5.96. The van der Waals surface area contributed by atoms with Gasteiger partial charge in [0, 0.05) is 40.8 Å². The monoisotopic (exact) mass is 727 g/mol. The highest BCUT2D eigenvalue weighted by molar-refractivity contribution is 8.03. The van der Waals surface area contributed by atoms with Gasteiger partial charge in [0.25, 0.3) is 5.01 Å². The minimum Gasteiger partial charge on any atom is -0.748 e. The van der Waals surface area contributed by atoms with Crippen LogP contribution in [0.4, 0.5) is 5.69 Å². The Labute approximate surface area is 293 Å². The molecule has 7 rings (SSSR count). The topological polar surface area (TPSA) is 122 Å². The molecule has 0 unspecified atom stereocenters. The molecule has 49 heavy (non-hydrogen) atoms. The second-order valence-electron chi connectivity index (χ2n) is 11.8. The number of aromatic nitrogens is 1. The van der Waals surface area contributed by atoms with Crippen LogP contribution in [-0.2, 0) is 26.8 Å². The summed E-state index contributed by atoms with van der Waals surface area (Å²) in [5.41, 5.74) is 3.80. The number of hydrogen-bond donors (Lipinski definition) is 0. The van der Waals surface area contributed by atoms with Gasteiger partial charge in [-0.15, -0.1) is 0 Å². The average molecular weight is 728 g/mol. The van der Waals surface area contributed by atoms with Gasteiger partial charge in [-0.05, 0) is 52.6 Å². The van der Waals surface area contributed by atoms with Crippen molar-refractivity contribution in [2.24, 2.45) is 0 Å². The number of anilines is 1. The number of hydrogen-bond acceptors (Lipinski definition) is 9. The zero-order valence-corrected chi connectivity index (χ0v) is 29.5. The summed E-state index contributed by atoms with van der Waals surface area (Å²) in [5.74, 6) is -0.921. The molecule has 1 aliphatic heterocycles. The van der Waals surface area contributed by atoms with Crippen molar-refractivity contribution in [1.29, 1.82) is 0 Å². The third kappa shape index (κ3) is 7.45. The van der Waals surface area contributed by atoms with Crippen molar-refractivity contribution in [3.05, 3.63) is 125 Å².